The first-order valence-corrected chi connectivity index (χ1v) is 11.8. The molecular weight excluding hydrogens is 464 g/mol. The summed E-state index contributed by atoms with van der Waals surface area (Å²) in [5.74, 6) is 2.48. The van der Waals surface area contributed by atoms with Crippen LogP contribution >= 0.6 is 0 Å². The van der Waals surface area contributed by atoms with Gasteiger partial charge in [0.2, 0.25) is 0 Å². The van der Waals surface area contributed by atoms with Crippen LogP contribution < -0.4 is 15.4 Å². The van der Waals surface area contributed by atoms with Gasteiger partial charge in [-0.05, 0) is 99.1 Å². The Morgan fingerprint density at radius 2 is 1.43 bits per heavy atom. The largest absolute Gasteiger partial charge is 0.457 e. The van der Waals surface area contributed by atoms with E-state index in [0.29, 0.717) is 28.6 Å². The summed E-state index contributed by atoms with van der Waals surface area (Å²) in [6.07, 6.45) is 0. The van der Waals surface area contributed by atoms with Gasteiger partial charge in [0.05, 0.1) is 5.69 Å². The summed E-state index contributed by atoms with van der Waals surface area (Å²) >= 11 is 0. The molecule has 0 aliphatic carbocycles. The van der Waals surface area contributed by atoms with E-state index in [0.717, 1.165) is 28.4 Å². The fraction of sp³-hybridized carbons (Fsp3) is 0.103. The zero-order valence-electron chi connectivity index (χ0n) is 20.8. The third kappa shape index (κ3) is 5.48. The Kier molecular flexibility index (Phi) is 6.63. The van der Waals surface area contributed by atoms with Gasteiger partial charge in [-0.2, -0.15) is 5.10 Å². The Morgan fingerprint density at radius 3 is 2.05 bits per heavy atom. The maximum absolute atomic E-state index is 12.7. The maximum Gasteiger partial charge on any atom is 0.255 e. The Labute approximate surface area is 215 Å². The van der Waals surface area contributed by atoms with E-state index in [9.17, 15) is 4.79 Å². The number of aromatic nitrogens is 4. The molecule has 0 unspecified atom stereocenters. The highest BCUT2D eigenvalue weighted by atomic mass is 16.5. The van der Waals surface area contributed by atoms with Crippen LogP contribution in [0.5, 0.6) is 11.5 Å². The molecule has 0 saturated heterocycles. The standard InChI is InChI=1S/C29H26N6O2/c1-19-20(2)34-35(21(19)3)28-18-17-27(32-33-28)30-23-11-13-24(14-12-23)31-29(36)22-9-15-26(16-10-22)37-25-7-5-4-6-8-25/h4-18H,1-3H3,(H,30,32)(H,31,36). The van der Waals surface area contributed by atoms with Crippen molar-refractivity contribution in [2.75, 3.05) is 10.6 Å². The van der Waals surface area contributed by atoms with Crippen molar-refractivity contribution in [3.8, 4) is 17.3 Å². The summed E-state index contributed by atoms with van der Waals surface area (Å²) in [6, 6.07) is 27.6. The second-order valence-electron chi connectivity index (χ2n) is 8.58. The summed E-state index contributed by atoms with van der Waals surface area (Å²) in [7, 11) is 0. The minimum absolute atomic E-state index is 0.201. The van der Waals surface area contributed by atoms with E-state index >= 15 is 0 Å². The molecule has 8 nitrogen and oxygen atoms in total. The highest BCUT2D eigenvalue weighted by Crippen LogP contribution is 2.23. The summed E-state index contributed by atoms with van der Waals surface area (Å²) in [5.41, 5.74) is 5.20. The Hall–Kier alpha value is -4.98. The van der Waals surface area contributed by atoms with Crippen LogP contribution in [0.2, 0.25) is 0 Å². The molecule has 0 aliphatic rings. The topological polar surface area (TPSA) is 94.0 Å². The Balaban J connectivity index is 1.18. The third-order valence-electron chi connectivity index (χ3n) is 6.03. The summed E-state index contributed by atoms with van der Waals surface area (Å²) in [4.78, 5) is 12.7. The first-order valence-electron chi connectivity index (χ1n) is 11.8. The lowest BCUT2D eigenvalue weighted by atomic mass is 10.2. The number of rotatable bonds is 7. The minimum Gasteiger partial charge on any atom is -0.457 e. The fourth-order valence-corrected chi connectivity index (χ4v) is 3.74. The lowest BCUT2D eigenvalue weighted by Crippen LogP contribution is -2.11. The normalized spacial score (nSPS) is 10.7. The summed E-state index contributed by atoms with van der Waals surface area (Å²) in [5, 5.41) is 19.2. The van der Waals surface area contributed by atoms with Crippen LogP contribution in [0.4, 0.5) is 17.2 Å². The van der Waals surface area contributed by atoms with Crippen molar-refractivity contribution < 1.29 is 9.53 Å². The number of nitrogens with zero attached hydrogens (tertiary/aromatic N) is 4. The van der Waals surface area contributed by atoms with Crippen molar-refractivity contribution in [2.45, 2.75) is 20.8 Å². The SMILES string of the molecule is Cc1nn(-c2ccc(Nc3ccc(NC(=O)c4ccc(Oc5ccccc5)cc4)cc3)nn2)c(C)c1C. The van der Waals surface area contributed by atoms with E-state index in [4.69, 9.17) is 4.74 Å². The van der Waals surface area contributed by atoms with Gasteiger partial charge in [-0.3, -0.25) is 4.79 Å². The van der Waals surface area contributed by atoms with Gasteiger partial charge in [-0.1, -0.05) is 18.2 Å². The number of ether oxygens (including phenoxy) is 1. The van der Waals surface area contributed by atoms with Gasteiger partial charge < -0.3 is 15.4 Å². The van der Waals surface area contributed by atoms with Crippen molar-refractivity contribution in [3.63, 3.8) is 0 Å². The number of anilines is 3. The molecule has 0 radical (unpaired) electrons. The zero-order chi connectivity index (χ0) is 25.8. The molecule has 37 heavy (non-hydrogen) atoms. The molecule has 184 valence electrons. The van der Waals surface area contributed by atoms with E-state index < -0.39 is 0 Å². The smallest absolute Gasteiger partial charge is 0.255 e. The third-order valence-corrected chi connectivity index (χ3v) is 6.03. The van der Waals surface area contributed by atoms with E-state index in [-0.39, 0.29) is 5.91 Å². The number of amides is 1. The average Bonchev–Trinajstić information content (AvgIpc) is 3.18. The molecule has 0 atom stereocenters. The Morgan fingerprint density at radius 1 is 0.757 bits per heavy atom. The predicted molar refractivity (Wildman–Crippen MR) is 144 cm³/mol. The molecule has 2 N–H and O–H groups in total. The molecular formula is C29H26N6O2. The number of aryl methyl sites for hydroxylation is 1. The first kappa shape index (κ1) is 23.7. The van der Waals surface area contributed by atoms with Gasteiger partial charge in [0.15, 0.2) is 11.6 Å². The van der Waals surface area contributed by atoms with Crippen LogP contribution in [-0.4, -0.2) is 25.9 Å². The van der Waals surface area contributed by atoms with Gasteiger partial charge in [-0.25, -0.2) is 4.68 Å². The molecule has 8 heteroatoms. The number of carbonyl (C=O) groups excluding carboxylic acids is 1. The highest BCUT2D eigenvalue weighted by Gasteiger charge is 2.11. The van der Waals surface area contributed by atoms with Crippen molar-refractivity contribution in [1.82, 2.24) is 20.0 Å². The van der Waals surface area contributed by atoms with Gasteiger partial charge in [0.25, 0.3) is 5.91 Å². The summed E-state index contributed by atoms with van der Waals surface area (Å²) < 4.78 is 7.58. The molecule has 0 spiro atoms. The van der Waals surface area contributed by atoms with E-state index in [1.165, 1.54) is 0 Å². The van der Waals surface area contributed by atoms with Gasteiger partial charge in [0.1, 0.15) is 11.5 Å². The lowest BCUT2D eigenvalue weighted by molar-refractivity contribution is 0.102. The monoisotopic (exact) mass is 490 g/mol. The van der Waals surface area contributed by atoms with Gasteiger partial charge in [0, 0.05) is 22.6 Å². The quantitative estimate of drug-likeness (QED) is 0.275. The lowest BCUT2D eigenvalue weighted by Gasteiger charge is -2.09. The molecule has 5 rings (SSSR count). The maximum atomic E-state index is 12.7. The van der Waals surface area contributed by atoms with E-state index in [1.807, 2.05) is 87.5 Å². The van der Waals surface area contributed by atoms with Crippen molar-refractivity contribution in [3.05, 3.63) is 114 Å². The van der Waals surface area contributed by atoms with Crippen LogP contribution in [0, 0.1) is 20.8 Å². The molecule has 3 aromatic carbocycles. The minimum atomic E-state index is -0.201. The Bertz CT molecular complexity index is 1510. The number of carbonyl (C=O) groups is 1. The van der Waals surface area contributed by atoms with Crippen LogP contribution in [0.3, 0.4) is 0 Å². The molecule has 5 aromatic rings. The summed E-state index contributed by atoms with van der Waals surface area (Å²) in [6.45, 7) is 6.03. The average molecular weight is 491 g/mol. The molecule has 2 aromatic heterocycles. The molecule has 0 bridgehead atoms. The number of benzene rings is 3. The fourth-order valence-electron chi connectivity index (χ4n) is 3.74. The molecule has 2 heterocycles. The zero-order valence-corrected chi connectivity index (χ0v) is 20.8. The van der Waals surface area contributed by atoms with Crippen molar-refractivity contribution in [1.29, 1.82) is 0 Å². The molecule has 1 amide bonds. The molecule has 0 fully saturated rings. The second-order valence-corrected chi connectivity index (χ2v) is 8.58. The number of para-hydroxylation sites is 1. The highest BCUT2D eigenvalue weighted by molar-refractivity contribution is 6.04. The molecule has 0 aliphatic heterocycles. The number of hydrogen-bond donors (Lipinski definition) is 2. The van der Waals surface area contributed by atoms with Crippen LogP contribution in [0.15, 0.2) is 91.0 Å². The predicted octanol–water partition coefficient (Wildman–Crippen LogP) is 6.38. The second kappa shape index (κ2) is 10.3. The van der Waals surface area contributed by atoms with Crippen molar-refractivity contribution in [2.24, 2.45) is 0 Å². The number of nitrogens with one attached hydrogen (secondary N) is 2. The van der Waals surface area contributed by atoms with Crippen LogP contribution in [0.25, 0.3) is 5.82 Å². The molecule has 0 saturated carbocycles. The van der Waals surface area contributed by atoms with E-state index in [2.05, 4.69) is 25.9 Å². The van der Waals surface area contributed by atoms with Gasteiger partial charge in [-0.15, -0.1) is 10.2 Å². The van der Waals surface area contributed by atoms with Crippen molar-refractivity contribution >= 4 is 23.1 Å². The van der Waals surface area contributed by atoms with E-state index in [1.54, 1.807) is 28.9 Å². The number of hydrogen-bond acceptors (Lipinski definition) is 6. The van der Waals surface area contributed by atoms with Gasteiger partial charge >= 0.3 is 0 Å². The van der Waals surface area contributed by atoms with Crippen LogP contribution in [0.1, 0.15) is 27.3 Å². The van der Waals surface area contributed by atoms with Crippen LogP contribution in [-0.2, 0) is 0 Å². The first-order chi connectivity index (χ1) is 18.0.